The monoisotopic (exact) mass is 324 g/mol. The van der Waals surface area contributed by atoms with Crippen LogP contribution in [0.15, 0.2) is 12.1 Å². The summed E-state index contributed by atoms with van der Waals surface area (Å²) in [5, 5.41) is 3.21. The molecular weight excluding hydrogens is 302 g/mol. The summed E-state index contributed by atoms with van der Waals surface area (Å²) in [6, 6.07) is 2.28. The summed E-state index contributed by atoms with van der Waals surface area (Å²) in [5.74, 6) is -1.57. The van der Waals surface area contributed by atoms with E-state index in [1.807, 2.05) is 6.92 Å². The summed E-state index contributed by atoms with van der Waals surface area (Å²) in [7, 11) is 0. The summed E-state index contributed by atoms with van der Waals surface area (Å²) in [6.07, 6.45) is 1.48. The molecular formula is C17H22F2N2O2. The first-order valence-corrected chi connectivity index (χ1v) is 8.17. The van der Waals surface area contributed by atoms with Gasteiger partial charge in [0, 0.05) is 13.1 Å². The second-order valence-electron chi connectivity index (χ2n) is 6.31. The van der Waals surface area contributed by atoms with E-state index in [4.69, 9.17) is 4.74 Å². The smallest absolute Gasteiger partial charge is 0.257 e. The van der Waals surface area contributed by atoms with Crippen molar-refractivity contribution in [2.24, 2.45) is 0 Å². The molecule has 0 bridgehead atoms. The number of hydrogen-bond acceptors (Lipinski definition) is 3. The number of rotatable bonds is 2. The Morgan fingerprint density at radius 3 is 2.70 bits per heavy atom. The predicted octanol–water partition coefficient (Wildman–Crippen LogP) is 2.29. The Morgan fingerprint density at radius 2 is 2.00 bits per heavy atom. The number of ether oxygens (including phenoxy) is 1. The number of carbonyl (C=O) groups excluding carboxylic acids is 1. The van der Waals surface area contributed by atoms with Crippen molar-refractivity contribution in [3.8, 4) is 0 Å². The van der Waals surface area contributed by atoms with Gasteiger partial charge in [0.2, 0.25) is 0 Å². The zero-order valence-corrected chi connectivity index (χ0v) is 13.3. The van der Waals surface area contributed by atoms with Gasteiger partial charge in [-0.2, -0.15) is 0 Å². The molecule has 3 rings (SSSR count). The van der Waals surface area contributed by atoms with E-state index < -0.39 is 17.5 Å². The van der Waals surface area contributed by atoms with E-state index in [-0.39, 0.29) is 17.6 Å². The van der Waals surface area contributed by atoms with Crippen LogP contribution in [0, 0.1) is 11.6 Å². The lowest BCUT2D eigenvalue weighted by Gasteiger charge is -2.31. The molecule has 1 N–H and O–H groups in total. The number of nitrogens with zero attached hydrogens (tertiary/aromatic N) is 1. The van der Waals surface area contributed by atoms with Gasteiger partial charge >= 0.3 is 0 Å². The minimum Gasteiger partial charge on any atom is -0.375 e. The van der Waals surface area contributed by atoms with Crippen molar-refractivity contribution in [3.05, 3.63) is 34.9 Å². The van der Waals surface area contributed by atoms with Crippen LogP contribution in [0.1, 0.15) is 41.6 Å². The molecule has 2 heterocycles. The third-order valence-corrected chi connectivity index (χ3v) is 4.62. The molecule has 1 aromatic carbocycles. The van der Waals surface area contributed by atoms with E-state index in [9.17, 15) is 13.6 Å². The van der Waals surface area contributed by atoms with E-state index in [1.165, 1.54) is 11.0 Å². The van der Waals surface area contributed by atoms with Crippen LogP contribution < -0.4 is 5.32 Å². The Balaban J connectivity index is 1.82. The number of piperidine rings is 1. The molecule has 2 fully saturated rings. The Bertz CT molecular complexity index is 588. The zero-order valence-electron chi connectivity index (χ0n) is 13.3. The van der Waals surface area contributed by atoms with Crippen LogP contribution in [0.4, 0.5) is 8.78 Å². The molecule has 126 valence electrons. The first kappa shape index (κ1) is 16.3. The van der Waals surface area contributed by atoms with Gasteiger partial charge in [0.25, 0.3) is 5.91 Å². The first-order valence-electron chi connectivity index (χ1n) is 8.17. The van der Waals surface area contributed by atoms with E-state index in [1.54, 1.807) is 0 Å². The van der Waals surface area contributed by atoms with Crippen molar-refractivity contribution in [1.29, 1.82) is 0 Å². The lowest BCUT2D eigenvalue weighted by molar-refractivity contribution is -0.0126. The van der Waals surface area contributed by atoms with Crippen LogP contribution in [0.25, 0.3) is 0 Å². The highest BCUT2D eigenvalue weighted by Crippen LogP contribution is 2.29. The molecule has 4 nitrogen and oxygen atoms in total. The second-order valence-corrected chi connectivity index (χ2v) is 6.31. The Hall–Kier alpha value is -1.53. The van der Waals surface area contributed by atoms with Crippen molar-refractivity contribution in [3.63, 3.8) is 0 Å². The number of morpholine rings is 1. The summed E-state index contributed by atoms with van der Waals surface area (Å²) in [4.78, 5) is 14.0. The average molecular weight is 324 g/mol. The topological polar surface area (TPSA) is 41.6 Å². The number of benzene rings is 1. The summed E-state index contributed by atoms with van der Waals surface area (Å²) in [5.41, 5.74) is 0.199. The molecule has 2 saturated heterocycles. The van der Waals surface area contributed by atoms with E-state index in [0.29, 0.717) is 25.3 Å². The highest BCUT2D eigenvalue weighted by atomic mass is 19.1. The number of halogens is 2. The van der Waals surface area contributed by atoms with Crippen LogP contribution in [-0.2, 0) is 4.74 Å². The highest BCUT2D eigenvalue weighted by molar-refractivity contribution is 5.94. The van der Waals surface area contributed by atoms with Gasteiger partial charge in [0.05, 0.1) is 18.3 Å². The van der Waals surface area contributed by atoms with Gasteiger partial charge < -0.3 is 15.0 Å². The molecule has 0 spiro atoms. The molecule has 0 saturated carbocycles. The maximum atomic E-state index is 14.4. The summed E-state index contributed by atoms with van der Waals surface area (Å²) >= 11 is 0. The number of nitrogens with one attached hydrogen (secondary N) is 1. The summed E-state index contributed by atoms with van der Waals surface area (Å²) < 4.78 is 34.2. The van der Waals surface area contributed by atoms with Crippen molar-refractivity contribution >= 4 is 5.91 Å². The van der Waals surface area contributed by atoms with Crippen molar-refractivity contribution in [2.75, 3.05) is 32.8 Å². The largest absolute Gasteiger partial charge is 0.375 e. The molecule has 0 unspecified atom stereocenters. The number of amides is 1. The fourth-order valence-corrected chi connectivity index (χ4v) is 3.35. The zero-order chi connectivity index (χ0) is 16.4. The van der Waals surface area contributed by atoms with E-state index in [2.05, 4.69) is 5.32 Å². The third-order valence-electron chi connectivity index (χ3n) is 4.62. The lowest BCUT2D eigenvalue weighted by Crippen LogP contribution is -2.44. The Morgan fingerprint density at radius 1 is 1.26 bits per heavy atom. The van der Waals surface area contributed by atoms with Gasteiger partial charge in [-0.15, -0.1) is 0 Å². The van der Waals surface area contributed by atoms with Gasteiger partial charge in [-0.25, -0.2) is 8.78 Å². The second kappa shape index (κ2) is 6.93. The standard InChI is InChI=1S/C17H22F2N2O2/c1-11-10-21(6-7-23-11)17(22)14-9-15(18)13(8-16(14)19)12-2-4-20-5-3-12/h8-9,11-12,20H,2-7,10H2,1H3/t11-/m0/s1. The fraction of sp³-hybridized carbons (Fsp3) is 0.588. The van der Waals surface area contributed by atoms with E-state index >= 15 is 0 Å². The molecule has 0 aromatic heterocycles. The third kappa shape index (κ3) is 3.53. The minimum atomic E-state index is -0.635. The van der Waals surface area contributed by atoms with Gasteiger partial charge in [-0.05, 0) is 56.5 Å². The van der Waals surface area contributed by atoms with Crippen LogP contribution >= 0.6 is 0 Å². The van der Waals surface area contributed by atoms with Gasteiger partial charge in [-0.3, -0.25) is 4.79 Å². The molecule has 0 aliphatic carbocycles. The van der Waals surface area contributed by atoms with Gasteiger partial charge in [0.15, 0.2) is 0 Å². The maximum absolute atomic E-state index is 14.4. The normalized spacial score (nSPS) is 23.1. The van der Waals surface area contributed by atoms with E-state index in [0.717, 1.165) is 32.0 Å². The SMILES string of the molecule is C[C@H]1CN(C(=O)c2cc(F)c(C3CCNCC3)cc2F)CCO1. The first-order chi connectivity index (χ1) is 11.1. The number of hydrogen-bond donors (Lipinski definition) is 1. The molecule has 2 aliphatic heterocycles. The molecule has 2 aliphatic rings. The highest BCUT2D eigenvalue weighted by Gasteiger charge is 2.27. The van der Waals surface area contributed by atoms with Crippen molar-refractivity contribution in [1.82, 2.24) is 10.2 Å². The Kier molecular flexibility index (Phi) is 4.92. The van der Waals surface area contributed by atoms with Gasteiger partial charge in [0.1, 0.15) is 11.6 Å². The Labute approximate surface area is 134 Å². The van der Waals surface area contributed by atoms with Crippen LogP contribution in [-0.4, -0.2) is 49.7 Å². The number of carbonyl (C=O) groups is 1. The quantitative estimate of drug-likeness (QED) is 0.907. The molecule has 1 amide bonds. The van der Waals surface area contributed by atoms with Crippen molar-refractivity contribution in [2.45, 2.75) is 31.8 Å². The molecule has 1 atom stereocenters. The molecule has 0 radical (unpaired) electrons. The lowest BCUT2D eigenvalue weighted by atomic mass is 9.89. The summed E-state index contributed by atoms with van der Waals surface area (Å²) in [6.45, 7) is 4.69. The predicted molar refractivity (Wildman–Crippen MR) is 82.5 cm³/mol. The average Bonchev–Trinajstić information content (AvgIpc) is 2.57. The van der Waals surface area contributed by atoms with Crippen LogP contribution in [0.5, 0.6) is 0 Å². The van der Waals surface area contributed by atoms with Crippen molar-refractivity contribution < 1.29 is 18.3 Å². The van der Waals surface area contributed by atoms with Crippen LogP contribution in [0.2, 0.25) is 0 Å². The molecule has 23 heavy (non-hydrogen) atoms. The maximum Gasteiger partial charge on any atom is 0.257 e. The van der Waals surface area contributed by atoms with Gasteiger partial charge in [-0.1, -0.05) is 0 Å². The minimum absolute atomic E-state index is 0.0123. The van der Waals surface area contributed by atoms with Crippen LogP contribution in [0.3, 0.4) is 0 Å². The fourth-order valence-electron chi connectivity index (χ4n) is 3.35. The molecule has 1 aromatic rings. The molecule has 6 heteroatoms.